The molecule has 0 radical (unpaired) electrons. The van der Waals surface area contributed by atoms with E-state index in [9.17, 15) is 0 Å². The molecule has 2 aliphatic rings. The molecule has 28 heavy (non-hydrogen) atoms. The fraction of sp³-hybridized carbons (Fsp3) is 0.650. The molecule has 0 saturated carbocycles. The Morgan fingerprint density at radius 1 is 1.25 bits per heavy atom. The van der Waals surface area contributed by atoms with Gasteiger partial charge in [0.2, 0.25) is 0 Å². The molecule has 2 N–H and O–H groups in total. The van der Waals surface area contributed by atoms with E-state index in [1.54, 1.807) is 7.05 Å². The molecule has 1 aromatic carbocycles. The summed E-state index contributed by atoms with van der Waals surface area (Å²) in [7, 11) is 1.80. The molecule has 0 aromatic heterocycles. The molecule has 2 fully saturated rings. The van der Waals surface area contributed by atoms with Gasteiger partial charge in [0.1, 0.15) is 0 Å². The zero-order valence-corrected chi connectivity index (χ0v) is 19.8. The van der Waals surface area contributed by atoms with Crippen molar-refractivity contribution < 1.29 is 9.47 Å². The van der Waals surface area contributed by atoms with Gasteiger partial charge in [0.05, 0.1) is 12.7 Å². The fourth-order valence-electron chi connectivity index (χ4n) is 3.23. The minimum Gasteiger partial charge on any atom is -0.379 e. The molecule has 0 amide bonds. The van der Waals surface area contributed by atoms with Crippen LogP contribution in [0.2, 0.25) is 0 Å². The maximum absolute atomic E-state index is 5.78. The number of nitrogens with zero attached hydrogens (tertiary/aromatic N) is 2. The maximum atomic E-state index is 5.78. The number of hydrogen-bond donors (Lipinski definition) is 2. The van der Waals surface area contributed by atoms with Gasteiger partial charge in [-0.2, -0.15) is 11.8 Å². The van der Waals surface area contributed by atoms with Crippen LogP contribution in [0.5, 0.6) is 0 Å². The van der Waals surface area contributed by atoms with Crippen LogP contribution in [0.15, 0.2) is 29.3 Å². The van der Waals surface area contributed by atoms with Crippen molar-refractivity contribution >= 4 is 47.4 Å². The van der Waals surface area contributed by atoms with E-state index in [4.69, 9.17) is 9.47 Å². The van der Waals surface area contributed by atoms with Crippen LogP contribution in [0.25, 0.3) is 0 Å². The average Bonchev–Trinajstić information content (AvgIpc) is 3.25. The SMILES string of the molecule is CN=C(NCCCOC1CCOC1)NCc1ccc(N2CCSCC2)cc1.I. The Balaban J connectivity index is 0.00000280. The third-order valence-electron chi connectivity index (χ3n) is 4.85. The van der Waals surface area contributed by atoms with Crippen LogP contribution in [-0.2, 0) is 16.0 Å². The summed E-state index contributed by atoms with van der Waals surface area (Å²) >= 11 is 2.04. The van der Waals surface area contributed by atoms with Crippen LogP contribution >= 0.6 is 35.7 Å². The molecule has 2 saturated heterocycles. The Morgan fingerprint density at radius 3 is 2.71 bits per heavy atom. The molecule has 1 atom stereocenters. The number of ether oxygens (including phenoxy) is 2. The number of halogens is 1. The van der Waals surface area contributed by atoms with E-state index in [1.165, 1.54) is 22.8 Å². The summed E-state index contributed by atoms with van der Waals surface area (Å²) in [6, 6.07) is 8.87. The Hall–Kier alpha value is -0.710. The number of guanidine groups is 1. The van der Waals surface area contributed by atoms with Crippen molar-refractivity contribution in [2.75, 3.05) is 62.9 Å². The van der Waals surface area contributed by atoms with Crippen LogP contribution < -0.4 is 15.5 Å². The van der Waals surface area contributed by atoms with Gasteiger partial charge in [-0.3, -0.25) is 4.99 Å². The van der Waals surface area contributed by atoms with Crippen LogP contribution in [0.3, 0.4) is 0 Å². The van der Waals surface area contributed by atoms with Crippen LogP contribution in [0.4, 0.5) is 5.69 Å². The number of nitrogens with one attached hydrogen (secondary N) is 2. The van der Waals surface area contributed by atoms with Crippen LogP contribution in [-0.4, -0.2) is 70.1 Å². The first-order valence-electron chi connectivity index (χ1n) is 9.90. The van der Waals surface area contributed by atoms with Crippen molar-refractivity contribution in [3.8, 4) is 0 Å². The second-order valence-corrected chi connectivity index (χ2v) is 8.05. The van der Waals surface area contributed by atoms with Crippen molar-refractivity contribution in [1.82, 2.24) is 10.6 Å². The topological polar surface area (TPSA) is 58.1 Å². The third-order valence-corrected chi connectivity index (χ3v) is 5.79. The number of benzene rings is 1. The highest BCUT2D eigenvalue weighted by molar-refractivity contribution is 14.0. The first-order valence-corrected chi connectivity index (χ1v) is 11.1. The van der Waals surface area contributed by atoms with Crippen molar-refractivity contribution in [2.45, 2.75) is 25.5 Å². The Kier molecular flexibility index (Phi) is 11.4. The molecule has 158 valence electrons. The van der Waals surface area contributed by atoms with Crippen molar-refractivity contribution in [3.05, 3.63) is 29.8 Å². The van der Waals surface area contributed by atoms with Gasteiger partial charge in [-0.05, 0) is 30.5 Å². The predicted molar refractivity (Wildman–Crippen MR) is 129 cm³/mol. The first-order chi connectivity index (χ1) is 13.3. The van der Waals surface area contributed by atoms with Crippen LogP contribution in [0.1, 0.15) is 18.4 Å². The smallest absolute Gasteiger partial charge is 0.191 e. The monoisotopic (exact) mass is 520 g/mol. The van der Waals surface area contributed by atoms with E-state index in [0.29, 0.717) is 0 Å². The highest BCUT2D eigenvalue weighted by Crippen LogP contribution is 2.19. The lowest BCUT2D eigenvalue weighted by Crippen LogP contribution is -2.37. The molecule has 0 bridgehead atoms. The number of rotatable bonds is 8. The van der Waals surface area contributed by atoms with Crippen molar-refractivity contribution in [3.63, 3.8) is 0 Å². The standard InChI is InChI=1S/C20H32N4O2S.HI/c1-21-20(22-8-2-11-26-19-7-12-25-16-19)23-15-17-3-5-18(6-4-17)24-9-13-27-14-10-24;/h3-6,19H,2,7-16H2,1H3,(H2,21,22,23);1H. The summed E-state index contributed by atoms with van der Waals surface area (Å²) in [6.45, 7) is 6.25. The second kappa shape index (κ2) is 13.5. The predicted octanol–water partition coefficient (Wildman–Crippen LogP) is 2.72. The molecule has 0 aliphatic carbocycles. The summed E-state index contributed by atoms with van der Waals surface area (Å²) in [5, 5.41) is 6.72. The second-order valence-electron chi connectivity index (χ2n) is 6.83. The largest absolute Gasteiger partial charge is 0.379 e. The van der Waals surface area contributed by atoms with Gasteiger partial charge in [-0.25, -0.2) is 0 Å². The number of hydrogen-bond acceptors (Lipinski definition) is 5. The molecule has 6 nitrogen and oxygen atoms in total. The molecule has 2 aliphatic heterocycles. The van der Waals surface area contributed by atoms with Gasteiger partial charge < -0.3 is 25.0 Å². The van der Waals surface area contributed by atoms with Gasteiger partial charge in [-0.1, -0.05) is 12.1 Å². The van der Waals surface area contributed by atoms with Gasteiger partial charge in [0.25, 0.3) is 0 Å². The van der Waals surface area contributed by atoms with E-state index in [0.717, 1.165) is 64.8 Å². The lowest BCUT2D eigenvalue weighted by atomic mass is 10.2. The zero-order chi connectivity index (χ0) is 18.7. The van der Waals surface area contributed by atoms with E-state index in [2.05, 4.69) is 44.8 Å². The van der Waals surface area contributed by atoms with Gasteiger partial charge >= 0.3 is 0 Å². The average molecular weight is 520 g/mol. The fourth-order valence-corrected chi connectivity index (χ4v) is 4.13. The molecule has 8 heteroatoms. The Bertz CT molecular complexity index is 576. The molecule has 1 aromatic rings. The zero-order valence-electron chi connectivity index (χ0n) is 16.7. The summed E-state index contributed by atoms with van der Waals surface area (Å²) in [6.07, 6.45) is 2.26. The normalized spacial score (nSPS) is 20.0. The summed E-state index contributed by atoms with van der Waals surface area (Å²) < 4.78 is 11.1. The van der Waals surface area contributed by atoms with Gasteiger partial charge in [-0.15, -0.1) is 24.0 Å². The van der Waals surface area contributed by atoms with Crippen LogP contribution in [0, 0.1) is 0 Å². The minimum absolute atomic E-state index is 0. The highest BCUT2D eigenvalue weighted by Gasteiger charge is 2.15. The summed E-state index contributed by atoms with van der Waals surface area (Å²) in [5.41, 5.74) is 2.59. The van der Waals surface area contributed by atoms with Crippen molar-refractivity contribution in [2.24, 2.45) is 4.99 Å². The highest BCUT2D eigenvalue weighted by atomic mass is 127. The quantitative estimate of drug-likeness (QED) is 0.238. The molecule has 1 unspecified atom stereocenters. The maximum Gasteiger partial charge on any atom is 0.191 e. The first kappa shape index (κ1) is 23.6. The van der Waals surface area contributed by atoms with Gasteiger partial charge in [0.15, 0.2) is 5.96 Å². The van der Waals surface area contributed by atoms with E-state index in [1.807, 2.05) is 11.8 Å². The van der Waals surface area contributed by atoms with E-state index >= 15 is 0 Å². The number of thioether (sulfide) groups is 1. The molecule has 3 rings (SSSR count). The minimum atomic E-state index is 0. The Labute approximate surface area is 190 Å². The number of aliphatic imine (C=N–C) groups is 1. The lowest BCUT2D eigenvalue weighted by molar-refractivity contribution is 0.0420. The molecular weight excluding hydrogens is 487 g/mol. The molecular formula is C20H33IN4O2S. The lowest BCUT2D eigenvalue weighted by Gasteiger charge is -2.28. The number of anilines is 1. The summed E-state index contributed by atoms with van der Waals surface area (Å²) in [4.78, 5) is 6.76. The van der Waals surface area contributed by atoms with Crippen molar-refractivity contribution in [1.29, 1.82) is 0 Å². The van der Waals surface area contributed by atoms with E-state index in [-0.39, 0.29) is 30.1 Å². The molecule has 2 heterocycles. The Morgan fingerprint density at radius 2 is 2.04 bits per heavy atom. The molecule has 0 spiro atoms. The third kappa shape index (κ3) is 7.96. The summed E-state index contributed by atoms with van der Waals surface area (Å²) in [5.74, 6) is 3.28. The van der Waals surface area contributed by atoms with E-state index < -0.39 is 0 Å². The van der Waals surface area contributed by atoms with Gasteiger partial charge in [0, 0.05) is 63.6 Å².